The molecule has 0 saturated heterocycles. The lowest BCUT2D eigenvalue weighted by atomic mass is 10.2. The summed E-state index contributed by atoms with van der Waals surface area (Å²) < 4.78 is 5.19. The van der Waals surface area contributed by atoms with E-state index in [1.54, 1.807) is 54.6 Å². The van der Waals surface area contributed by atoms with Gasteiger partial charge in [0.05, 0.1) is 5.69 Å². The fraction of sp³-hybridized carbons (Fsp3) is 0.129. The lowest BCUT2D eigenvalue weighted by molar-refractivity contribution is 0.106. The molecule has 0 aliphatic carbocycles. The molecule has 11 nitrogen and oxygen atoms in total. The Hall–Kier alpha value is -5.55. The number of benzene rings is 4. The van der Waals surface area contributed by atoms with Crippen LogP contribution in [0.2, 0.25) is 0 Å². The summed E-state index contributed by atoms with van der Waals surface area (Å²) >= 11 is 0. The normalized spacial score (nSPS) is 10.2. The highest BCUT2D eigenvalue weighted by Crippen LogP contribution is 2.22. The number of carbonyl (C=O) groups is 3. The average Bonchev–Trinajstić information content (AvgIpc) is 2.97. The number of hydrogen-bond acceptors (Lipinski definition) is 6. The van der Waals surface area contributed by atoms with Crippen molar-refractivity contribution in [3.05, 3.63) is 108 Å². The lowest BCUT2D eigenvalue weighted by Crippen LogP contribution is -2.21. The molecule has 0 heterocycles. The second-order valence-electron chi connectivity index (χ2n) is 9.16. The summed E-state index contributed by atoms with van der Waals surface area (Å²) in [7, 11) is 0. The van der Waals surface area contributed by atoms with Crippen LogP contribution in [0.3, 0.4) is 0 Å². The zero-order chi connectivity index (χ0) is 29.7. The summed E-state index contributed by atoms with van der Waals surface area (Å²) in [4.78, 5) is 42.4. The van der Waals surface area contributed by atoms with Crippen LogP contribution in [-0.4, -0.2) is 31.4 Å². The van der Waals surface area contributed by atoms with Crippen LogP contribution in [0.5, 0.6) is 0 Å². The summed E-state index contributed by atoms with van der Waals surface area (Å²) in [5, 5.41) is 13.8. The first-order valence-corrected chi connectivity index (χ1v) is 13.1. The smallest absolute Gasteiger partial charge is 0.411 e. The van der Waals surface area contributed by atoms with Gasteiger partial charge in [-0.2, -0.15) is 0 Å². The Bertz CT molecular complexity index is 1520. The fourth-order valence-electron chi connectivity index (χ4n) is 3.73. The van der Waals surface area contributed by atoms with Gasteiger partial charge in [-0.05, 0) is 73.5 Å². The van der Waals surface area contributed by atoms with Gasteiger partial charge in [-0.3, -0.25) is 15.6 Å². The third kappa shape index (κ3) is 9.28. The molecule has 216 valence electrons. The van der Waals surface area contributed by atoms with Crippen molar-refractivity contribution in [3.63, 3.8) is 0 Å². The van der Waals surface area contributed by atoms with E-state index in [1.807, 2.05) is 56.3 Å². The Morgan fingerprint density at radius 1 is 0.548 bits per heavy atom. The van der Waals surface area contributed by atoms with E-state index in [9.17, 15) is 14.4 Å². The second-order valence-corrected chi connectivity index (χ2v) is 9.16. The number of ether oxygens (including phenoxy) is 1. The van der Waals surface area contributed by atoms with Crippen molar-refractivity contribution in [1.29, 1.82) is 0 Å². The molecular formula is C31H32N6O5. The number of para-hydroxylation sites is 2. The van der Waals surface area contributed by atoms with Gasteiger partial charge in [0.1, 0.15) is 13.2 Å². The van der Waals surface area contributed by atoms with Crippen LogP contribution in [0.1, 0.15) is 11.1 Å². The van der Waals surface area contributed by atoms with Crippen molar-refractivity contribution < 1.29 is 24.0 Å². The van der Waals surface area contributed by atoms with Crippen LogP contribution in [0.25, 0.3) is 0 Å². The van der Waals surface area contributed by atoms with Crippen LogP contribution < -0.4 is 32.1 Å². The molecule has 6 N–H and O–H groups in total. The van der Waals surface area contributed by atoms with Crippen LogP contribution in [0, 0.1) is 13.8 Å². The summed E-state index contributed by atoms with van der Waals surface area (Å²) in [6.45, 7) is 3.77. The fourth-order valence-corrected chi connectivity index (χ4v) is 3.73. The topological polar surface area (TPSA) is 142 Å². The number of amides is 5. The SMILES string of the molecule is Cc1ccc(NOCCOC(=O)Nc2ccc(C)c(NC(=O)Nc3ccccc3)c2)cc1NC(=O)Nc1ccccc1. The molecule has 4 aromatic rings. The molecule has 0 radical (unpaired) electrons. The van der Waals surface area contributed by atoms with Crippen molar-refractivity contribution in [1.82, 2.24) is 0 Å². The average molecular weight is 569 g/mol. The number of hydrogen-bond donors (Lipinski definition) is 6. The van der Waals surface area contributed by atoms with E-state index < -0.39 is 12.1 Å². The maximum absolute atomic E-state index is 12.3. The Labute approximate surface area is 243 Å². The monoisotopic (exact) mass is 568 g/mol. The van der Waals surface area contributed by atoms with Crippen LogP contribution in [0.4, 0.5) is 48.5 Å². The number of urea groups is 2. The molecule has 11 heteroatoms. The van der Waals surface area contributed by atoms with Gasteiger partial charge < -0.3 is 26.0 Å². The quantitative estimate of drug-likeness (QED) is 0.0884. The molecule has 42 heavy (non-hydrogen) atoms. The van der Waals surface area contributed by atoms with Crippen molar-refractivity contribution in [2.45, 2.75) is 13.8 Å². The molecule has 0 atom stereocenters. The Balaban J connectivity index is 1.18. The van der Waals surface area contributed by atoms with Crippen molar-refractivity contribution >= 4 is 52.3 Å². The summed E-state index contributed by atoms with van der Waals surface area (Å²) in [6, 6.07) is 27.9. The molecule has 0 unspecified atom stereocenters. The molecule has 5 amide bonds. The van der Waals surface area contributed by atoms with E-state index in [0.717, 1.165) is 11.1 Å². The largest absolute Gasteiger partial charge is 0.447 e. The third-order valence-electron chi connectivity index (χ3n) is 5.89. The number of aryl methyl sites for hydroxylation is 2. The number of anilines is 6. The molecule has 4 rings (SSSR count). The van der Waals surface area contributed by atoms with Gasteiger partial charge in [0.15, 0.2) is 0 Å². The van der Waals surface area contributed by atoms with Crippen molar-refractivity contribution in [3.8, 4) is 0 Å². The third-order valence-corrected chi connectivity index (χ3v) is 5.89. The Morgan fingerprint density at radius 2 is 1.05 bits per heavy atom. The minimum Gasteiger partial charge on any atom is -0.447 e. The van der Waals surface area contributed by atoms with E-state index in [4.69, 9.17) is 9.57 Å². The maximum atomic E-state index is 12.3. The lowest BCUT2D eigenvalue weighted by Gasteiger charge is -2.13. The minimum atomic E-state index is -0.673. The number of nitrogens with one attached hydrogen (secondary N) is 6. The van der Waals surface area contributed by atoms with E-state index in [2.05, 4.69) is 32.1 Å². The molecule has 0 bridgehead atoms. The first-order valence-electron chi connectivity index (χ1n) is 13.1. The number of carbonyl (C=O) groups excluding carboxylic acids is 3. The molecule has 0 aliphatic heterocycles. The second kappa shape index (κ2) is 14.7. The Morgan fingerprint density at radius 3 is 1.60 bits per heavy atom. The predicted octanol–water partition coefficient (Wildman–Crippen LogP) is 7.18. The highest BCUT2D eigenvalue weighted by atomic mass is 16.7. The zero-order valence-electron chi connectivity index (χ0n) is 23.2. The number of rotatable bonds is 10. The van der Waals surface area contributed by atoms with Crippen molar-refractivity contribution in [2.24, 2.45) is 0 Å². The van der Waals surface area contributed by atoms with Crippen LogP contribution in [-0.2, 0) is 9.57 Å². The van der Waals surface area contributed by atoms with Gasteiger partial charge >= 0.3 is 18.2 Å². The van der Waals surface area contributed by atoms with Gasteiger partial charge in [-0.15, -0.1) is 0 Å². The first kappa shape index (κ1) is 29.4. The van der Waals surface area contributed by atoms with E-state index in [0.29, 0.717) is 34.1 Å². The van der Waals surface area contributed by atoms with Gasteiger partial charge in [0, 0.05) is 28.4 Å². The minimum absolute atomic E-state index is 0.0221. The zero-order valence-corrected chi connectivity index (χ0v) is 23.2. The predicted molar refractivity (Wildman–Crippen MR) is 165 cm³/mol. The summed E-state index contributed by atoms with van der Waals surface area (Å²) in [5.74, 6) is 0. The van der Waals surface area contributed by atoms with Gasteiger partial charge in [0.25, 0.3) is 0 Å². The maximum Gasteiger partial charge on any atom is 0.411 e. The molecule has 0 saturated carbocycles. The Kier molecular flexibility index (Phi) is 10.3. The van der Waals surface area contributed by atoms with Crippen molar-refractivity contribution in [2.75, 3.05) is 45.3 Å². The van der Waals surface area contributed by atoms with Crippen LogP contribution >= 0.6 is 0 Å². The van der Waals surface area contributed by atoms with E-state index >= 15 is 0 Å². The van der Waals surface area contributed by atoms with Gasteiger partial charge in [-0.25, -0.2) is 14.4 Å². The van der Waals surface area contributed by atoms with Gasteiger partial charge in [-0.1, -0.05) is 48.5 Å². The molecule has 0 fully saturated rings. The molecule has 0 aliphatic rings. The molecule has 4 aromatic carbocycles. The molecule has 0 aromatic heterocycles. The van der Waals surface area contributed by atoms with Crippen LogP contribution in [0.15, 0.2) is 97.1 Å². The summed E-state index contributed by atoms with van der Waals surface area (Å²) in [5.41, 5.74) is 8.02. The standard InChI is InChI=1S/C31H32N6O5/c1-21-13-15-25(19-27(21)35-29(38)32-23-9-5-3-6-10-23)34-31(40)41-17-18-42-37-26-16-14-22(2)28(20-26)36-30(39)33-24-11-7-4-8-12-24/h3-16,19-20,37H,17-18H2,1-2H3,(H,34,40)(H2,32,35,38)(H2,33,36,39). The highest BCUT2D eigenvalue weighted by Gasteiger charge is 2.10. The molecule has 0 spiro atoms. The van der Waals surface area contributed by atoms with E-state index in [1.165, 1.54) is 0 Å². The van der Waals surface area contributed by atoms with E-state index in [-0.39, 0.29) is 19.2 Å². The summed E-state index contributed by atoms with van der Waals surface area (Å²) in [6.07, 6.45) is -0.673. The first-order chi connectivity index (χ1) is 20.4. The van der Waals surface area contributed by atoms with Gasteiger partial charge in [0.2, 0.25) is 0 Å². The molecular weight excluding hydrogens is 536 g/mol. The highest BCUT2D eigenvalue weighted by molar-refractivity contribution is 6.01.